The topological polar surface area (TPSA) is 63.3 Å². The average molecular weight is 384 g/mol. The standard InChI is InChI=1S/C24H49NO2/c1-3-5-7-8-13-16-20-23(26)21-17-14-11-9-10-12-15-19-22(24(25)27)18-6-4-2/h22-23,26H,3-21H2,1-2H3,(H2,25,27). The molecule has 0 saturated carbocycles. The summed E-state index contributed by atoms with van der Waals surface area (Å²) in [6, 6.07) is 0. The molecule has 0 rings (SSSR count). The Morgan fingerprint density at radius 2 is 1.00 bits per heavy atom. The van der Waals surface area contributed by atoms with Crippen LogP contribution < -0.4 is 5.73 Å². The van der Waals surface area contributed by atoms with Crippen molar-refractivity contribution in [2.24, 2.45) is 11.7 Å². The Morgan fingerprint density at radius 1 is 0.630 bits per heavy atom. The van der Waals surface area contributed by atoms with Crippen LogP contribution in [0.2, 0.25) is 0 Å². The van der Waals surface area contributed by atoms with Crippen LogP contribution >= 0.6 is 0 Å². The first-order valence-electron chi connectivity index (χ1n) is 12.1. The number of unbranched alkanes of at least 4 members (excludes halogenated alkanes) is 12. The fourth-order valence-electron chi connectivity index (χ4n) is 3.84. The Balaban J connectivity index is 3.37. The van der Waals surface area contributed by atoms with Crippen LogP contribution in [0.25, 0.3) is 0 Å². The summed E-state index contributed by atoms with van der Waals surface area (Å²) in [5, 5.41) is 10.0. The number of amides is 1. The van der Waals surface area contributed by atoms with Crippen LogP contribution in [0.4, 0.5) is 0 Å². The van der Waals surface area contributed by atoms with Crippen molar-refractivity contribution in [3.63, 3.8) is 0 Å². The Morgan fingerprint density at radius 3 is 1.44 bits per heavy atom. The molecular formula is C24H49NO2. The summed E-state index contributed by atoms with van der Waals surface area (Å²) in [5.41, 5.74) is 5.50. The third kappa shape index (κ3) is 18.6. The van der Waals surface area contributed by atoms with Crippen molar-refractivity contribution in [2.75, 3.05) is 0 Å². The van der Waals surface area contributed by atoms with E-state index in [0.717, 1.165) is 51.4 Å². The first kappa shape index (κ1) is 26.4. The Kier molecular flexibility index (Phi) is 19.7. The molecule has 0 radical (unpaired) electrons. The largest absolute Gasteiger partial charge is 0.393 e. The molecule has 0 aliphatic carbocycles. The zero-order chi connectivity index (χ0) is 20.2. The molecule has 0 aliphatic rings. The molecule has 0 aromatic carbocycles. The van der Waals surface area contributed by atoms with E-state index < -0.39 is 0 Å². The lowest BCUT2D eigenvalue weighted by molar-refractivity contribution is -0.122. The van der Waals surface area contributed by atoms with Crippen LogP contribution in [0.3, 0.4) is 0 Å². The molecule has 0 saturated heterocycles. The normalized spacial score (nSPS) is 13.6. The number of hydrogen-bond acceptors (Lipinski definition) is 2. The number of aliphatic hydroxyl groups excluding tert-OH is 1. The van der Waals surface area contributed by atoms with Crippen molar-refractivity contribution in [2.45, 2.75) is 142 Å². The van der Waals surface area contributed by atoms with E-state index in [1.165, 1.54) is 70.6 Å². The van der Waals surface area contributed by atoms with E-state index >= 15 is 0 Å². The molecule has 3 heteroatoms. The van der Waals surface area contributed by atoms with Crippen LogP contribution in [0.5, 0.6) is 0 Å². The number of hydrogen-bond donors (Lipinski definition) is 2. The number of carbonyl (C=O) groups excluding carboxylic acids is 1. The molecule has 3 N–H and O–H groups in total. The number of nitrogens with two attached hydrogens (primary N) is 1. The van der Waals surface area contributed by atoms with Crippen LogP contribution in [-0.2, 0) is 4.79 Å². The lowest BCUT2D eigenvalue weighted by Crippen LogP contribution is -2.23. The molecule has 0 heterocycles. The van der Waals surface area contributed by atoms with Crippen molar-refractivity contribution in [1.82, 2.24) is 0 Å². The second kappa shape index (κ2) is 20.2. The van der Waals surface area contributed by atoms with Gasteiger partial charge in [0.05, 0.1) is 6.10 Å². The van der Waals surface area contributed by atoms with Crippen LogP contribution in [-0.4, -0.2) is 17.1 Å². The predicted octanol–water partition coefficient (Wildman–Crippen LogP) is 6.90. The fraction of sp³-hybridized carbons (Fsp3) is 0.958. The van der Waals surface area contributed by atoms with E-state index in [9.17, 15) is 9.90 Å². The van der Waals surface area contributed by atoms with E-state index in [4.69, 9.17) is 5.73 Å². The second-order valence-electron chi connectivity index (χ2n) is 8.50. The van der Waals surface area contributed by atoms with Gasteiger partial charge >= 0.3 is 0 Å². The zero-order valence-corrected chi connectivity index (χ0v) is 18.5. The number of primary amides is 1. The molecule has 2 atom stereocenters. The molecule has 1 amide bonds. The Bertz CT molecular complexity index is 320. The van der Waals surface area contributed by atoms with Gasteiger partial charge in [0, 0.05) is 5.92 Å². The summed E-state index contributed by atoms with van der Waals surface area (Å²) < 4.78 is 0. The minimum atomic E-state index is -0.108. The molecule has 27 heavy (non-hydrogen) atoms. The molecule has 3 nitrogen and oxygen atoms in total. The molecule has 162 valence electrons. The lowest BCUT2D eigenvalue weighted by Gasteiger charge is -2.12. The summed E-state index contributed by atoms with van der Waals surface area (Å²) in [6.45, 7) is 4.41. The monoisotopic (exact) mass is 383 g/mol. The van der Waals surface area contributed by atoms with Crippen molar-refractivity contribution in [3.05, 3.63) is 0 Å². The third-order valence-corrected chi connectivity index (χ3v) is 5.79. The summed E-state index contributed by atoms with van der Waals surface area (Å²) >= 11 is 0. The third-order valence-electron chi connectivity index (χ3n) is 5.79. The van der Waals surface area contributed by atoms with Crippen molar-refractivity contribution >= 4 is 5.91 Å². The van der Waals surface area contributed by atoms with E-state index in [-0.39, 0.29) is 17.9 Å². The second-order valence-corrected chi connectivity index (χ2v) is 8.50. The van der Waals surface area contributed by atoms with Crippen LogP contribution in [0, 0.1) is 5.92 Å². The molecular weight excluding hydrogens is 334 g/mol. The number of rotatable bonds is 21. The zero-order valence-electron chi connectivity index (χ0n) is 18.5. The van der Waals surface area contributed by atoms with E-state index in [1.807, 2.05) is 0 Å². The number of carbonyl (C=O) groups is 1. The summed E-state index contributed by atoms with van der Waals surface area (Å²) in [5.74, 6) is -0.0129. The van der Waals surface area contributed by atoms with Crippen LogP contribution in [0.15, 0.2) is 0 Å². The maximum atomic E-state index is 11.4. The summed E-state index contributed by atoms with van der Waals surface area (Å²) in [4.78, 5) is 11.4. The average Bonchev–Trinajstić information content (AvgIpc) is 2.65. The summed E-state index contributed by atoms with van der Waals surface area (Å²) in [6.07, 6.45) is 22.5. The van der Waals surface area contributed by atoms with Gasteiger partial charge in [0.2, 0.25) is 5.91 Å². The molecule has 0 aromatic rings. The number of aliphatic hydroxyl groups is 1. The van der Waals surface area contributed by atoms with Gasteiger partial charge < -0.3 is 10.8 Å². The van der Waals surface area contributed by atoms with Crippen molar-refractivity contribution in [3.8, 4) is 0 Å². The van der Waals surface area contributed by atoms with Crippen molar-refractivity contribution < 1.29 is 9.90 Å². The predicted molar refractivity (Wildman–Crippen MR) is 118 cm³/mol. The smallest absolute Gasteiger partial charge is 0.220 e. The van der Waals surface area contributed by atoms with Gasteiger partial charge in [-0.1, -0.05) is 110 Å². The molecule has 0 spiro atoms. The minimum absolute atomic E-state index is 0.0787. The first-order valence-corrected chi connectivity index (χ1v) is 12.1. The minimum Gasteiger partial charge on any atom is -0.393 e. The Hall–Kier alpha value is -0.570. The quantitative estimate of drug-likeness (QED) is 0.212. The molecule has 0 fully saturated rings. The van der Waals surface area contributed by atoms with Gasteiger partial charge in [-0.05, 0) is 25.7 Å². The Labute approximate surface area is 169 Å². The van der Waals surface area contributed by atoms with Gasteiger partial charge in [-0.15, -0.1) is 0 Å². The molecule has 0 bridgehead atoms. The van der Waals surface area contributed by atoms with Gasteiger partial charge in [0.25, 0.3) is 0 Å². The highest BCUT2D eigenvalue weighted by Gasteiger charge is 2.13. The van der Waals surface area contributed by atoms with Gasteiger partial charge in [0.1, 0.15) is 0 Å². The maximum absolute atomic E-state index is 11.4. The molecule has 2 unspecified atom stereocenters. The van der Waals surface area contributed by atoms with Gasteiger partial charge in [-0.2, -0.15) is 0 Å². The highest BCUT2D eigenvalue weighted by atomic mass is 16.3. The lowest BCUT2D eigenvalue weighted by atomic mass is 9.94. The van der Waals surface area contributed by atoms with E-state index in [0.29, 0.717) is 0 Å². The SMILES string of the molecule is CCCCCCCCC(O)CCCCCCCCCC(CCCC)C(N)=O. The fourth-order valence-corrected chi connectivity index (χ4v) is 3.84. The molecule has 0 aromatic heterocycles. The highest BCUT2D eigenvalue weighted by Crippen LogP contribution is 2.18. The van der Waals surface area contributed by atoms with Gasteiger partial charge in [-0.25, -0.2) is 0 Å². The van der Waals surface area contributed by atoms with Crippen molar-refractivity contribution in [1.29, 1.82) is 0 Å². The highest BCUT2D eigenvalue weighted by molar-refractivity contribution is 5.76. The van der Waals surface area contributed by atoms with E-state index in [2.05, 4.69) is 13.8 Å². The van der Waals surface area contributed by atoms with Crippen LogP contribution in [0.1, 0.15) is 136 Å². The maximum Gasteiger partial charge on any atom is 0.220 e. The van der Waals surface area contributed by atoms with E-state index in [1.54, 1.807) is 0 Å². The van der Waals surface area contributed by atoms with Gasteiger partial charge in [-0.3, -0.25) is 4.79 Å². The first-order chi connectivity index (χ1) is 13.1. The van der Waals surface area contributed by atoms with Gasteiger partial charge in [0.15, 0.2) is 0 Å². The molecule has 0 aliphatic heterocycles. The summed E-state index contributed by atoms with van der Waals surface area (Å²) in [7, 11) is 0.